The van der Waals surface area contributed by atoms with E-state index in [1.807, 2.05) is 24.4 Å². The molecule has 1 amide bonds. The van der Waals surface area contributed by atoms with Gasteiger partial charge in [0.05, 0.1) is 16.3 Å². The molecule has 2 aromatic carbocycles. The van der Waals surface area contributed by atoms with Crippen molar-refractivity contribution in [1.82, 2.24) is 18.9 Å². The Morgan fingerprint density at radius 1 is 0.952 bits per heavy atom. The summed E-state index contributed by atoms with van der Waals surface area (Å²) in [7, 11) is -2.30. The molecule has 0 saturated carbocycles. The van der Waals surface area contributed by atoms with Crippen LogP contribution in [0, 0.1) is 6.92 Å². The minimum atomic E-state index is -3.91. The number of nitrogens with zero attached hydrogens (tertiary/aromatic N) is 5. The average molecular weight is 594 g/mol. The largest absolute Gasteiger partial charge is 0.370 e. The lowest BCUT2D eigenvalue weighted by Crippen LogP contribution is -2.39. The number of carbonyl (C=O) groups is 1. The molecule has 1 aliphatic heterocycles. The Morgan fingerprint density at radius 2 is 1.71 bits per heavy atom. The number of likely N-dealkylation sites (N-methyl/N-ethyl adjacent to an activating group) is 1. The third-order valence-electron chi connectivity index (χ3n) is 7.53. The number of rotatable bonds is 5. The molecule has 1 N–H and O–H groups in total. The first-order valence-corrected chi connectivity index (χ1v) is 15.3. The van der Waals surface area contributed by atoms with Crippen LogP contribution < -0.4 is 4.90 Å². The van der Waals surface area contributed by atoms with Crippen molar-refractivity contribution in [1.29, 1.82) is 0 Å². The Morgan fingerprint density at radius 3 is 2.52 bits per heavy atom. The molecular weight excluding hydrogens is 571 g/mol. The van der Waals surface area contributed by atoms with E-state index in [-0.39, 0.29) is 10.6 Å². The summed E-state index contributed by atoms with van der Waals surface area (Å²) in [6.45, 7) is 1.90. The molecule has 0 spiro atoms. The van der Waals surface area contributed by atoms with Gasteiger partial charge in [-0.25, -0.2) is 22.4 Å². The molecule has 9 nitrogen and oxygen atoms in total. The number of aryl methyl sites for hydroxylation is 1. The first-order valence-electron chi connectivity index (χ1n) is 13.0. The number of fused-ring (bicyclic) bond motifs is 2. The van der Waals surface area contributed by atoms with Crippen molar-refractivity contribution in [2.75, 3.05) is 11.9 Å². The van der Waals surface area contributed by atoms with Crippen molar-refractivity contribution in [2.45, 2.75) is 17.4 Å². The number of benzene rings is 2. The normalized spacial score (nSPS) is 16.7. The number of aliphatic hydroxyl groups is 1. The van der Waals surface area contributed by atoms with E-state index in [1.54, 1.807) is 86.3 Å². The van der Waals surface area contributed by atoms with E-state index in [2.05, 4.69) is 9.97 Å². The predicted octanol–water partition coefficient (Wildman–Crippen LogP) is 4.98. The second-order valence-electron chi connectivity index (χ2n) is 10.1. The lowest BCUT2D eigenvalue weighted by molar-refractivity contribution is -0.132. The van der Waals surface area contributed by atoms with Crippen molar-refractivity contribution in [3.8, 4) is 21.8 Å². The van der Waals surface area contributed by atoms with Crippen LogP contribution in [-0.4, -0.2) is 45.4 Å². The zero-order valence-corrected chi connectivity index (χ0v) is 24.1. The van der Waals surface area contributed by atoms with Crippen molar-refractivity contribution in [2.24, 2.45) is 0 Å². The molecule has 0 unspecified atom stereocenters. The summed E-state index contributed by atoms with van der Waals surface area (Å²) in [6, 6.07) is 20.8. The summed E-state index contributed by atoms with van der Waals surface area (Å²) in [5, 5.41) is 14.8. The van der Waals surface area contributed by atoms with Gasteiger partial charge in [0.25, 0.3) is 15.9 Å². The zero-order valence-electron chi connectivity index (χ0n) is 22.5. The molecule has 7 rings (SSSR count). The lowest BCUT2D eigenvalue weighted by Gasteiger charge is -2.22. The number of carbonyl (C=O) groups excluding carboxylic acids is 1. The van der Waals surface area contributed by atoms with E-state index >= 15 is 0 Å². The summed E-state index contributed by atoms with van der Waals surface area (Å²) in [4.78, 5) is 28.3. The molecule has 42 heavy (non-hydrogen) atoms. The highest BCUT2D eigenvalue weighted by molar-refractivity contribution is 7.90. The molecular formula is C31H23N5O4S2. The van der Waals surface area contributed by atoms with E-state index in [0.29, 0.717) is 44.1 Å². The fourth-order valence-electron chi connectivity index (χ4n) is 5.30. The van der Waals surface area contributed by atoms with Crippen molar-refractivity contribution < 1.29 is 18.3 Å². The molecule has 208 valence electrons. The first-order chi connectivity index (χ1) is 20.2. The third-order valence-corrected chi connectivity index (χ3v) is 10.1. The van der Waals surface area contributed by atoms with Gasteiger partial charge in [0.1, 0.15) is 10.7 Å². The van der Waals surface area contributed by atoms with Gasteiger partial charge >= 0.3 is 0 Å². The van der Waals surface area contributed by atoms with Crippen LogP contribution in [0.5, 0.6) is 0 Å². The van der Waals surface area contributed by atoms with Crippen LogP contribution in [0.4, 0.5) is 5.69 Å². The van der Waals surface area contributed by atoms with Gasteiger partial charge in [-0.15, -0.1) is 11.3 Å². The second-order valence-corrected chi connectivity index (χ2v) is 12.8. The van der Waals surface area contributed by atoms with Gasteiger partial charge in [-0.3, -0.25) is 9.78 Å². The summed E-state index contributed by atoms with van der Waals surface area (Å²) in [5.74, 6) is -0.484. The minimum Gasteiger partial charge on any atom is -0.370 e. The van der Waals surface area contributed by atoms with Gasteiger partial charge in [0.2, 0.25) is 5.60 Å². The van der Waals surface area contributed by atoms with Gasteiger partial charge in [0.15, 0.2) is 5.65 Å². The molecule has 0 fully saturated rings. The third kappa shape index (κ3) is 3.82. The maximum absolute atomic E-state index is 13.6. The zero-order chi connectivity index (χ0) is 29.2. The van der Waals surface area contributed by atoms with Crippen LogP contribution in [0.2, 0.25) is 0 Å². The highest BCUT2D eigenvalue weighted by Crippen LogP contribution is 2.43. The number of hydrogen-bond donors (Lipinski definition) is 1. The highest BCUT2D eigenvalue weighted by Gasteiger charge is 2.51. The predicted molar refractivity (Wildman–Crippen MR) is 161 cm³/mol. The maximum Gasteiger partial charge on any atom is 0.269 e. The molecule has 0 bridgehead atoms. The summed E-state index contributed by atoms with van der Waals surface area (Å²) in [6.07, 6.45) is 4.67. The van der Waals surface area contributed by atoms with E-state index in [9.17, 15) is 18.3 Å². The number of hydrogen-bond acceptors (Lipinski definition) is 8. The molecule has 5 heterocycles. The van der Waals surface area contributed by atoms with Gasteiger partial charge in [-0.2, -0.15) is 0 Å². The smallest absolute Gasteiger partial charge is 0.269 e. The van der Waals surface area contributed by atoms with E-state index in [0.717, 1.165) is 5.56 Å². The Bertz CT molecular complexity index is 2140. The maximum atomic E-state index is 13.6. The molecule has 0 saturated heterocycles. The van der Waals surface area contributed by atoms with Crippen LogP contribution in [-0.2, 0) is 20.4 Å². The summed E-state index contributed by atoms with van der Waals surface area (Å²) >= 11 is 1.36. The van der Waals surface area contributed by atoms with Gasteiger partial charge in [0, 0.05) is 47.5 Å². The molecule has 4 aromatic heterocycles. The van der Waals surface area contributed by atoms with Crippen molar-refractivity contribution in [3.63, 3.8) is 0 Å². The number of aromatic nitrogens is 4. The first kappa shape index (κ1) is 26.2. The summed E-state index contributed by atoms with van der Waals surface area (Å²) < 4.78 is 28.4. The standard InChI is InChI=1S/C31H23N5O4S2/c1-19-10-12-22(13-11-19)42(39,40)36-17-24(23-8-4-15-33-28(23)36)29-34-25(18-41-29)20-6-3-7-21(16-20)31(38)27-26(9-5-14-32-27)35(2)30(31)37/h3-18,38H,1-2H3/t31-/m0/s1. The fraction of sp³-hybridized carbons (Fsp3) is 0.0968. The lowest BCUT2D eigenvalue weighted by atomic mass is 9.89. The highest BCUT2D eigenvalue weighted by atomic mass is 32.2. The van der Waals surface area contributed by atoms with Crippen LogP contribution >= 0.6 is 11.3 Å². The van der Waals surface area contributed by atoms with Gasteiger partial charge in [-0.1, -0.05) is 35.9 Å². The van der Waals surface area contributed by atoms with Gasteiger partial charge < -0.3 is 10.0 Å². The summed E-state index contributed by atoms with van der Waals surface area (Å²) in [5.41, 5.74) is 2.50. The number of anilines is 1. The number of amides is 1. The second kappa shape index (κ2) is 9.41. The molecule has 0 aliphatic carbocycles. The molecule has 1 aliphatic rings. The quantitative estimate of drug-likeness (QED) is 0.300. The van der Waals surface area contributed by atoms with Crippen LogP contribution in [0.3, 0.4) is 0 Å². The van der Waals surface area contributed by atoms with E-state index in [4.69, 9.17) is 4.98 Å². The van der Waals surface area contributed by atoms with Gasteiger partial charge in [-0.05, 0) is 55.0 Å². The van der Waals surface area contributed by atoms with Crippen LogP contribution in [0.15, 0.2) is 102 Å². The molecule has 0 radical (unpaired) electrons. The number of pyridine rings is 2. The fourth-order valence-corrected chi connectivity index (χ4v) is 7.48. The Labute approximate surface area is 245 Å². The average Bonchev–Trinajstić information content (AvgIpc) is 3.70. The van der Waals surface area contributed by atoms with Crippen molar-refractivity contribution >= 4 is 44.0 Å². The Balaban J connectivity index is 1.30. The van der Waals surface area contributed by atoms with E-state index in [1.165, 1.54) is 20.2 Å². The Hall–Kier alpha value is -4.71. The minimum absolute atomic E-state index is 0.167. The van der Waals surface area contributed by atoms with Crippen LogP contribution in [0.1, 0.15) is 16.8 Å². The molecule has 6 aromatic rings. The topological polar surface area (TPSA) is 118 Å². The SMILES string of the molecule is Cc1ccc(S(=O)(=O)n2cc(-c3nc(-c4cccc([C@@]5(O)C(=O)N(C)c6cccnc65)c4)cs3)c3cccnc32)cc1. The number of thiazole rings is 1. The van der Waals surface area contributed by atoms with Crippen molar-refractivity contribution in [3.05, 3.63) is 114 Å². The Kier molecular flexibility index (Phi) is 5.87. The monoisotopic (exact) mass is 593 g/mol. The molecule has 1 atom stereocenters. The van der Waals surface area contributed by atoms with E-state index < -0.39 is 21.5 Å². The van der Waals surface area contributed by atoms with Crippen LogP contribution in [0.25, 0.3) is 32.9 Å². The molecule has 11 heteroatoms.